The van der Waals surface area contributed by atoms with Crippen LogP contribution in [0.4, 0.5) is 0 Å². The molecule has 0 unspecified atom stereocenters. The zero-order chi connectivity index (χ0) is 13.2. The summed E-state index contributed by atoms with van der Waals surface area (Å²) >= 11 is 0. The van der Waals surface area contributed by atoms with Crippen LogP contribution in [0.3, 0.4) is 0 Å². The van der Waals surface area contributed by atoms with Crippen molar-refractivity contribution in [1.82, 2.24) is 4.90 Å². The van der Waals surface area contributed by atoms with Gasteiger partial charge >= 0.3 is 7.12 Å². The standard InChI is InChI=1S/C14H26BNO2/c1-13(2)14(3,4)18-15(17-13)9-8-12-16-10-6-5-7-11-16/h8-9H,5-7,10-12H2,1-4H3/b9-8+. The van der Waals surface area contributed by atoms with Crippen LogP contribution in [0.5, 0.6) is 0 Å². The first-order valence-corrected chi connectivity index (χ1v) is 7.15. The molecule has 2 rings (SSSR count). The molecule has 0 spiro atoms. The van der Waals surface area contributed by atoms with Crippen LogP contribution in [0.15, 0.2) is 12.1 Å². The van der Waals surface area contributed by atoms with Crippen LogP contribution in [0.25, 0.3) is 0 Å². The van der Waals surface area contributed by atoms with Gasteiger partial charge in [-0.3, -0.25) is 4.90 Å². The van der Waals surface area contributed by atoms with Crippen molar-refractivity contribution in [2.75, 3.05) is 19.6 Å². The largest absolute Gasteiger partial charge is 0.486 e. The third kappa shape index (κ3) is 3.17. The van der Waals surface area contributed by atoms with Gasteiger partial charge in [0.05, 0.1) is 11.2 Å². The molecule has 0 atom stereocenters. The van der Waals surface area contributed by atoms with Gasteiger partial charge in [-0.05, 0) is 53.6 Å². The summed E-state index contributed by atoms with van der Waals surface area (Å²) in [6.45, 7) is 11.8. The predicted octanol–water partition coefficient (Wildman–Crippen LogP) is 2.66. The molecule has 18 heavy (non-hydrogen) atoms. The summed E-state index contributed by atoms with van der Waals surface area (Å²) in [4.78, 5) is 2.49. The maximum Gasteiger partial charge on any atom is 0.486 e. The van der Waals surface area contributed by atoms with Crippen LogP contribution in [0, 0.1) is 0 Å². The number of rotatable bonds is 3. The molecular weight excluding hydrogens is 225 g/mol. The Kier molecular flexibility index (Phi) is 4.20. The lowest BCUT2D eigenvalue weighted by Crippen LogP contribution is -2.41. The van der Waals surface area contributed by atoms with Gasteiger partial charge in [0.1, 0.15) is 0 Å². The van der Waals surface area contributed by atoms with Crippen LogP contribution in [0.2, 0.25) is 0 Å². The van der Waals surface area contributed by atoms with Gasteiger partial charge in [-0.2, -0.15) is 0 Å². The molecule has 2 heterocycles. The molecule has 0 aromatic carbocycles. The van der Waals surface area contributed by atoms with E-state index in [2.05, 4.69) is 44.6 Å². The van der Waals surface area contributed by atoms with Gasteiger partial charge < -0.3 is 9.31 Å². The highest BCUT2D eigenvalue weighted by molar-refractivity contribution is 6.51. The molecule has 0 N–H and O–H groups in total. The molecule has 2 aliphatic rings. The lowest BCUT2D eigenvalue weighted by molar-refractivity contribution is 0.00578. The smallest absolute Gasteiger partial charge is 0.400 e. The first-order valence-electron chi connectivity index (χ1n) is 7.15. The minimum Gasteiger partial charge on any atom is -0.400 e. The van der Waals surface area contributed by atoms with Crippen molar-refractivity contribution in [3.8, 4) is 0 Å². The molecule has 0 aromatic rings. The first kappa shape index (κ1) is 14.1. The summed E-state index contributed by atoms with van der Waals surface area (Å²) in [5.41, 5.74) is -0.458. The third-order valence-electron chi connectivity index (χ3n) is 4.38. The maximum atomic E-state index is 5.93. The van der Waals surface area contributed by atoms with Crippen molar-refractivity contribution in [3.05, 3.63) is 12.1 Å². The molecule has 2 aliphatic heterocycles. The van der Waals surface area contributed by atoms with Gasteiger partial charge in [-0.1, -0.05) is 18.5 Å². The lowest BCUT2D eigenvalue weighted by atomic mass is 9.90. The monoisotopic (exact) mass is 251 g/mol. The van der Waals surface area contributed by atoms with E-state index in [1.165, 1.54) is 32.4 Å². The molecule has 0 radical (unpaired) electrons. The van der Waals surface area contributed by atoms with E-state index in [9.17, 15) is 0 Å². The fourth-order valence-corrected chi connectivity index (χ4v) is 2.43. The van der Waals surface area contributed by atoms with Crippen LogP contribution in [-0.4, -0.2) is 42.9 Å². The van der Waals surface area contributed by atoms with Crippen molar-refractivity contribution >= 4 is 7.12 Å². The van der Waals surface area contributed by atoms with Crippen molar-refractivity contribution in [2.24, 2.45) is 0 Å². The highest BCUT2D eigenvalue weighted by atomic mass is 16.7. The molecule has 2 fully saturated rings. The van der Waals surface area contributed by atoms with Crippen molar-refractivity contribution in [3.63, 3.8) is 0 Å². The van der Waals surface area contributed by atoms with Crippen LogP contribution in [-0.2, 0) is 9.31 Å². The zero-order valence-electron chi connectivity index (χ0n) is 12.2. The number of hydrogen-bond donors (Lipinski definition) is 0. The number of likely N-dealkylation sites (tertiary alicyclic amines) is 1. The van der Waals surface area contributed by atoms with E-state index in [1.807, 2.05) is 0 Å². The summed E-state index contributed by atoms with van der Waals surface area (Å²) in [5.74, 6) is 2.06. The highest BCUT2D eigenvalue weighted by Crippen LogP contribution is 2.36. The summed E-state index contributed by atoms with van der Waals surface area (Å²) in [7, 11) is -0.195. The van der Waals surface area contributed by atoms with Crippen molar-refractivity contribution < 1.29 is 9.31 Å². The molecule has 3 nitrogen and oxygen atoms in total. The Labute approximate surface area is 112 Å². The third-order valence-corrected chi connectivity index (χ3v) is 4.38. The molecule has 0 aliphatic carbocycles. The topological polar surface area (TPSA) is 21.7 Å². The fraction of sp³-hybridized carbons (Fsp3) is 0.857. The number of nitrogens with zero attached hydrogens (tertiary/aromatic N) is 1. The zero-order valence-corrected chi connectivity index (χ0v) is 12.2. The Hall–Kier alpha value is -0.315. The van der Waals surface area contributed by atoms with E-state index in [0.29, 0.717) is 0 Å². The normalized spacial score (nSPS) is 28.1. The molecular formula is C14H26BNO2. The van der Waals surface area contributed by atoms with Crippen molar-refractivity contribution in [1.29, 1.82) is 0 Å². The van der Waals surface area contributed by atoms with Crippen LogP contribution < -0.4 is 0 Å². The molecule has 0 bridgehead atoms. The second-order valence-corrected chi connectivity index (χ2v) is 6.41. The minimum atomic E-state index is -0.229. The Morgan fingerprint density at radius 1 is 1.00 bits per heavy atom. The predicted molar refractivity (Wildman–Crippen MR) is 75.5 cm³/mol. The van der Waals surface area contributed by atoms with Gasteiger partial charge in [0.2, 0.25) is 0 Å². The summed E-state index contributed by atoms with van der Waals surface area (Å²) < 4.78 is 11.9. The van der Waals surface area contributed by atoms with Gasteiger partial charge in [0.25, 0.3) is 0 Å². The molecule has 0 aromatic heterocycles. The molecule has 0 saturated carbocycles. The number of hydrogen-bond acceptors (Lipinski definition) is 3. The van der Waals surface area contributed by atoms with Crippen molar-refractivity contribution in [2.45, 2.75) is 58.2 Å². The van der Waals surface area contributed by atoms with Crippen LogP contribution in [0.1, 0.15) is 47.0 Å². The summed E-state index contributed by atoms with van der Waals surface area (Å²) in [5, 5.41) is 0. The highest BCUT2D eigenvalue weighted by Gasteiger charge is 2.49. The Morgan fingerprint density at radius 3 is 2.11 bits per heavy atom. The van der Waals surface area contributed by atoms with E-state index >= 15 is 0 Å². The fourth-order valence-electron chi connectivity index (χ4n) is 2.43. The van der Waals surface area contributed by atoms with Gasteiger partial charge in [0, 0.05) is 6.54 Å². The quantitative estimate of drug-likeness (QED) is 0.720. The molecule has 2 saturated heterocycles. The van der Waals surface area contributed by atoms with E-state index in [-0.39, 0.29) is 18.3 Å². The van der Waals surface area contributed by atoms with Crippen LogP contribution >= 0.6 is 0 Å². The first-order chi connectivity index (χ1) is 8.41. The Morgan fingerprint density at radius 2 is 1.56 bits per heavy atom. The van der Waals surface area contributed by atoms with Gasteiger partial charge in [0.15, 0.2) is 0 Å². The average Bonchev–Trinajstić information content (AvgIpc) is 2.49. The average molecular weight is 251 g/mol. The molecule has 102 valence electrons. The molecule has 0 amide bonds. The second kappa shape index (κ2) is 5.36. The van der Waals surface area contributed by atoms with Gasteiger partial charge in [-0.15, -0.1) is 0 Å². The number of piperidine rings is 1. The minimum absolute atomic E-state index is 0.195. The van der Waals surface area contributed by atoms with Gasteiger partial charge in [-0.25, -0.2) is 0 Å². The summed E-state index contributed by atoms with van der Waals surface area (Å²) in [6.07, 6.45) is 6.25. The molecule has 4 heteroatoms. The van der Waals surface area contributed by atoms with E-state index in [4.69, 9.17) is 9.31 Å². The SMILES string of the molecule is CC1(C)OB(/C=C/CN2CCCCC2)OC1(C)C. The summed E-state index contributed by atoms with van der Waals surface area (Å²) in [6, 6.07) is 0. The maximum absolute atomic E-state index is 5.93. The van der Waals surface area contributed by atoms with E-state index < -0.39 is 0 Å². The second-order valence-electron chi connectivity index (χ2n) is 6.41. The Bertz CT molecular complexity index is 293. The van der Waals surface area contributed by atoms with E-state index in [1.54, 1.807) is 0 Å². The Balaban J connectivity index is 1.80. The van der Waals surface area contributed by atoms with E-state index in [0.717, 1.165) is 6.54 Å². The lowest BCUT2D eigenvalue weighted by Gasteiger charge is -2.32.